The Morgan fingerprint density at radius 1 is 1.05 bits per heavy atom. The van der Waals surface area contributed by atoms with Gasteiger partial charge in [0.2, 0.25) is 0 Å². The van der Waals surface area contributed by atoms with Crippen molar-refractivity contribution in [2.75, 3.05) is 0 Å². The monoisotopic (exact) mass is 329 g/mol. The Bertz CT molecular complexity index is 607. The van der Waals surface area contributed by atoms with Gasteiger partial charge in [-0.25, -0.2) is 0 Å². The zero-order valence-electron chi connectivity index (χ0n) is 11.1. The van der Waals surface area contributed by atoms with Crippen molar-refractivity contribution in [1.82, 2.24) is 5.32 Å². The molecule has 0 unspecified atom stereocenters. The maximum absolute atomic E-state index is 12.4. The van der Waals surface area contributed by atoms with Gasteiger partial charge in [0.25, 0.3) is 5.91 Å². The molecule has 3 heteroatoms. The van der Waals surface area contributed by atoms with Crippen LogP contribution in [-0.2, 0) is 0 Å². The summed E-state index contributed by atoms with van der Waals surface area (Å²) in [5, 5.41) is 3.18. The minimum absolute atomic E-state index is 0.0155. The average molecular weight is 330 g/mol. The maximum Gasteiger partial charge on any atom is 0.252 e. The molecule has 1 atom stereocenters. The summed E-state index contributed by atoms with van der Waals surface area (Å²) in [5.41, 5.74) is 1.88. The predicted octanol–water partition coefficient (Wildman–Crippen LogP) is 4.33. The number of hydrogen-bond donors (Lipinski definition) is 1. The molecule has 0 spiro atoms. The molecule has 0 aliphatic heterocycles. The highest BCUT2D eigenvalue weighted by molar-refractivity contribution is 9.10. The van der Waals surface area contributed by atoms with E-state index < -0.39 is 0 Å². The van der Waals surface area contributed by atoms with Crippen LogP contribution < -0.4 is 5.32 Å². The van der Waals surface area contributed by atoms with Crippen LogP contribution in [0.3, 0.4) is 0 Å². The second-order valence-electron chi connectivity index (χ2n) is 5.18. The quantitative estimate of drug-likeness (QED) is 0.888. The summed E-state index contributed by atoms with van der Waals surface area (Å²) >= 11 is 3.43. The SMILES string of the molecule is O=C(N[C@@H](c1ccccc1)C1CC1)c1ccccc1Br. The maximum atomic E-state index is 12.4. The summed E-state index contributed by atoms with van der Waals surface area (Å²) in [4.78, 5) is 12.4. The summed E-state index contributed by atoms with van der Waals surface area (Å²) in [6.07, 6.45) is 2.38. The lowest BCUT2D eigenvalue weighted by molar-refractivity contribution is 0.0931. The van der Waals surface area contributed by atoms with Crippen molar-refractivity contribution in [2.24, 2.45) is 5.92 Å². The smallest absolute Gasteiger partial charge is 0.252 e. The first kappa shape index (κ1) is 13.4. The minimum Gasteiger partial charge on any atom is -0.345 e. The molecule has 1 saturated carbocycles. The van der Waals surface area contributed by atoms with E-state index in [4.69, 9.17) is 0 Å². The highest BCUT2D eigenvalue weighted by atomic mass is 79.9. The van der Waals surface area contributed by atoms with Gasteiger partial charge in [-0.2, -0.15) is 0 Å². The number of nitrogens with one attached hydrogen (secondary N) is 1. The molecule has 3 rings (SSSR count). The van der Waals surface area contributed by atoms with Crippen molar-refractivity contribution in [1.29, 1.82) is 0 Å². The Morgan fingerprint density at radius 2 is 1.70 bits per heavy atom. The lowest BCUT2D eigenvalue weighted by Crippen LogP contribution is -2.30. The van der Waals surface area contributed by atoms with Gasteiger partial charge in [-0.15, -0.1) is 0 Å². The molecule has 20 heavy (non-hydrogen) atoms. The first-order valence-corrected chi connectivity index (χ1v) is 7.65. The molecular weight excluding hydrogens is 314 g/mol. The normalized spacial score (nSPS) is 15.7. The lowest BCUT2D eigenvalue weighted by Gasteiger charge is -2.19. The van der Waals surface area contributed by atoms with Crippen molar-refractivity contribution in [3.05, 3.63) is 70.2 Å². The summed E-state index contributed by atoms with van der Waals surface area (Å²) in [6, 6.07) is 17.9. The zero-order chi connectivity index (χ0) is 13.9. The standard InChI is InChI=1S/C17H16BrNO/c18-15-9-5-4-8-14(15)17(20)19-16(13-10-11-13)12-6-2-1-3-7-12/h1-9,13,16H,10-11H2,(H,19,20)/t16-/m0/s1. The van der Waals surface area contributed by atoms with E-state index in [-0.39, 0.29) is 11.9 Å². The molecule has 2 aromatic carbocycles. The fourth-order valence-electron chi connectivity index (χ4n) is 2.43. The second-order valence-corrected chi connectivity index (χ2v) is 6.03. The molecular formula is C17H16BrNO. The Balaban J connectivity index is 1.81. The van der Waals surface area contributed by atoms with Gasteiger partial charge in [-0.3, -0.25) is 4.79 Å². The van der Waals surface area contributed by atoms with Crippen LogP contribution in [0.4, 0.5) is 0 Å². The molecule has 102 valence electrons. The van der Waals surface area contributed by atoms with Crippen LogP contribution in [0.5, 0.6) is 0 Å². The Hall–Kier alpha value is -1.61. The van der Waals surface area contributed by atoms with E-state index in [1.165, 1.54) is 18.4 Å². The Morgan fingerprint density at radius 3 is 2.35 bits per heavy atom. The average Bonchev–Trinajstić information content (AvgIpc) is 3.30. The first-order chi connectivity index (χ1) is 9.75. The minimum atomic E-state index is -0.0155. The molecule has 2 aromatic rings. The van der Waals surface area contributed by atoms with Gasteiger partial charge in [0.05, 0.1) is 11.6 Å². The first-order valence-electron chi connectivity index (χ1n) is 6.86. The van der Waals surface area contributed by atoms with Crippen LogP contribution in [0.25, 0.3) is 0 Å². The number of carbonyl (C=O) groups excluding carboxylic acids is 1. The second kappa shape index (κ2) is 5.80. The highest BCUT2D eigenvalue weighted by Crippen LogP contribution is 2.41. The van der Waals surface area contributed by atoms with Gasteiger partial charge < -0.3 is 5.32 Å². The van der Waals surface area contributed by atoms with Gasteiger partial charge in [-0.1, -0.05) is 42.5 Å². The highest BCUT2D eigenvalue weighted by Gasteiger charge is 2.33. The molecule has 1 fully saturated rings. The van der Waals surface area contributed by atoms with Crippen molar-refractivity contribution in [2.45, 2.75) is 18.9 Å². The zero-order valence-corrected chi connectivity index (χ0v) is 12.6. The van der Waals surface area contributed by atoms with Gasteiger partial charge >= 0.3 is 0 Å². The van der Waals surface area contributed by atoms with Gasteiger partial charge in [0.1, 0.15) is 0 Å². The third-order valence-electron chi connectivity index (χ3n) is 3.66. The lowest BCUT2D eigenvalue weighted by atomic mass is 10.0. The number of halogens is 1. The van der Waals surface area contributed by atoms with Crippen LogP contribution in [0.2, 0.25) is 0 Å². The molecule has 0 radical (unpaired) electrons. The van der Waals surface area contributed by atoms with Crippen LogP contribution in [-0.4, -0.2) is 5.91 Å². The molecule has 0 bridgehead atoms. The molecule has 2 nitrogen and oxygen atoms in total. The number of hydrogen-bond acceptors (Lipinski definition) is 1. The molecule has 0 saturated heterocycles. The molecule has 1 aliphatic carbocycles. The Kier molecular flexibility index (Phi) is 3.88. The van der Waals surface area contributed by atoms with Gasteiger partial charge in [0.15, 0.2) is 0 Å². The molecule has 1 N–H and O–H groups in total. The van der Waals surface area contributed by atoms with E-state index in [0.717, 1.165) is 4.47 Å². The van der Waals surface area contributed by atoms with Crippen molar-refractivity contribution >= 4 is 21.8 Å². The number of benzene rings is 2. The van der Waals surface area contributed by atoms with Gasteiger partial charge in [-0.05, 0) is 52.4 Å². The molecule has 1 amide bonds. The summed E-state index contributed by atoms with van der Waals surface area (Å²) < 4.78 is 0.833. The largest absolute Gasteiger partial charge is 0.345 e. The van der Waals surface area contributed by atoms with Crippen LogP contribution in [0.1, 0.15) is 34.8 Å². The van der Waals surface area contributed by atoms with E-state index in [1.54, 1.807) is 0 Å². The van der Waals surface area contributed by atoms with Crippen LogP contribution in [0.15, 0.2) is 59.1 Å². The molecule has 1 aliphatic rings. The summed E-state index contributed by atoms with van der Waals surface area (Å²) in [6.45, 7) is 0. The fourth-order valence-corrected chi connectivity index (χ4v) is 2.89. The van der Waals surface area contributed by atoms with E-state index >= 15 is 0 Å². The van der Waals surface area contributed by atoms with Crippen LogP contribution >= 0.6 is 15.9 Å². The summed E-state index contributed by atoms with van der Waals surface area (Å²) in [5.74, 6) is 0.557. The van der Waals surface area contributed by atoms with Crippen molar-refractivity contribution < 1.29 is 4.79 Å². The number of amides is 1. The van der Waals surface area contributed by atoms with E-state index in [9.17, 15) is 4.79 Å². The third kappa shape index (κ3) is 2.93. The molecule has 0 heterocycles. The number of rotatable bonds is 4. The van der Waals surface area contributed by atoms with Crippen molar-refractivity contribution in [3.63, 3.8) is 0 Å². The van der Waals surface area contributed by atoms with Crippen LogP contribution in [0, 0.1) is 5.92 Å². The van der Waals surface area contributed by atoms with Crippen molar-refractivity contribution in [3.8, 4) is 0 Å². The topological polar surface area (TPSA) is 29.1 Å². The molecule has 0 aromatic heterocycles. The van der Waals surface area contributed by atoms with Gasteiger partial charge in [0, 0.05) is 4.47 Å². The predicted molar refractivity (Wildman–Crippen MR) is 83.5 cm³/mol. The Labute approximate surface area is 127 Å². The van der Waals surface area contributed by atoms with E-state index in [2.05, 4.69) is 33.4 Å². The van der Waals surface area contributed by atoms with E-state index in [0.29, 0.717) is 11.5 Å². The number of carbonyl (C=O) groups is 1. The van der Waals surface area contributed by atoms with E-state index in [1.807, 2.05) is 42.5 Å². The third-order valence-corrected chi connectivity index (χ3v) is 4.35. The fraction of sp³-hybridized carbons (Fsp3) is 0.235. The summed E-state index contributed by atoms with van der Waals surface area (Å²) in [7, 11) is 0.